The van der Waals surface area contributed by atoms with Crippen molar-refractivity contribution in [2.75, 3.05) is 19.1 Å². The van der Waals surface area contributed by atoms with E-state index in [2.05, 4.69) is 0 Å². The van der Waals surface area contributed by atoms with Gasteiger partial charge in [0.2, 0.25) is 6.41 Å². The van der Waals surface area contributed by atoms with E-state index in [1.807, 2.05) is 24.3 Å². The van der Waals surface area contributed by atoms with Crippen molar-refractivity contribution in [1.82, 2.24) is 0 Å². The molecule has 0 spiro atoms. The fourth-order valence-electron chi connectivity index (χ4n) is 2.07. The third-order valence-electron chi connectivity index (χ3n) is 3.30. The minimum atomic E-state index is 0.0137. The third-order valence-corrected chi connectivity index (χ3v) is 3.30. The zero-order valence-corrected chi connectivity index (χ0v) is 12.1. The van der Waals surface area contributed by atoms with Gasteiger partial charge in [-0.3, -0.25) is 9.59 Å². The maximum absolute atomic E-state index is 12.3. The van der Waals surface area contributed by atoms with Gasteiger partial charge in [0.05, 0.1) is 7.11 Å². The number of anilines is 1. The number of Topliss-reactive ketones (excluding diaryl/α,β-unsaturated/α-hetero) is 1. The molecule has 0 saturated heterocycles. The van der Waals surface area contributed by atoms with Crippen LogP contribution >= 0.6 is 0 Å². The molecule has 0 unspecified atom stereocenters. The second-order valence-electron chi connectivity index (χ2n) is 4.67. The van der Waals surface area contributed by atoms with Gasteiger partial charge < -0.3 is 9.64 Å². The number of nitrogens with zero attached hydrogens (tertiary/aromatic N) is 1. The lowest BCUT2D eigenvalue weighted by Gasteiger charge is -2.11. The number of ketones is 1. The number of carbonyl (C=O) groups excluding carboxylic acids is 2. The first-order chi connectivity index (χ1) is 10.2. The highest BCUT2D eigenvalue weighted by Crippen LogP contribution is 2.20. The standard InChI is InChI=1S/C17H17NO3/c1-18(12-19)15-9-7-13(8-10-15)16(20)11-14-5-3-4-6-17(14)21-2/h3-10,12H,11H2,1-2H3. The number of amides is 1. The summed E-state index contributed by atoms with van der Waals surface area (Å²) in [6.45, 7) is 0. The van der Waals surface area contributed by atoms with E-state index >= 15 is 0 Å². The predicted octanol–water partition coefficient (Wildman–Crippen LogP) is 2.71. The van der Waals surface area contributed by atoms with E-state index in [-0.39, 0.29) is 12.2 Å². The molecule has 4 nitrogen and oxygen atoms in total. The first-order valence-corrected chi connectivity index (χ1v) is 6.59. The largest absolute Gasteiger partial charge is 0.496 e. The topological polar surface area (TPSA) is 46.6 Å². The predicted molar refractivity (Wildman–Crippen MR) is 81.9 cm³/mol. The van der Waals surface area contributed by atoms with Crippen LogP contribution < -0.4 is 9.64 Å². The van der Waals surface area contributed by atoms with Crippen LogP contribution in [0.1, 0.15) is 15.9 Å². The molecule has 2 aromatic rings. The Kier molecular flexibility index (Phi) is 4.72. The van der Waals surface area contributed by atoms with Gasteiger partial charge in [-0.2, -0.15) is 0 Å². The van der Waals surface area contributed by atoms with Gasteiger partial charge in [0, 0.05) is 30.3 Å². The molecule has 1 amide bonds. The number of rotatable bonds is 6. The van der Waals surface area contributed by atoms with E-state index in [0.29, 0.717) is 11.3 Å². The van der Waals surface area contributed by atoms with Crippen LogP contribution in [0.3, 0.4) is 0 Å². The van der Waals surface area contributed by atoms with E-state index in [9.17, 15) is 9.59 Å². The summed E-state index contributed by atoms with van der Waals surface area (Å²) in [5.74, 6) is 0.725. The number of hydrogen-bond acceptors (Lipinski definition) is 3. The molecular formula is C17H17NO3. The Hall–Kier alpha value is -2.62. The maximum atomic E-state index is 12.3. The number of para-hydroxylation sites is 1. The van der Waals surface area contributed by atoms with Crippen molar-refractivity contribution >= 4 is 17.9 Å². The SMILES string of the molecule is COc1ccccc1CC(=O)c1ccc(N(C)C=O)cc1. The van der Waals surface area contributed by atoms with Crippen LogP contribution in [0.15, 0.2) is 48.5 Å². The molecule has 0 heterocycles. The molecule has 0 saturated carbocycles. The molecule has 21 heavy (non-hydrogen) atoms. The summed E-state index contributed by atoms with van der Waals surface area (Å²) in [5.41, 5.74) is 2.22. The molecule has 2 rings (SSSR count). The smallest absolute Gasteiger partial charge is 0.213 e. The first kappa shape index (κ1) is 14.8. The zero-order valence-electron chi connectivity index (χ0n) is 12.1. The van der Waals surface area contributed by atoms with Crippen LogP contribution in [0.4, 0.5) is 5.69 Å². The van der Waals surface area contributed by atoms with Crippen LogP contribution in [0.25, 0.3) is 0 Å². The second kappa shape index (κ2) is 6.70. The van der Waals surface area contributed by atoms with Gasteiger partial charge >= 0.3 is 0 Å². The highest BCUT2D eigenvalue weighted by Gasteiger charge is 2.11. The fourth-order valence-corrected chi connectivity index (χ4v) is 2.07. The molecule has 0 bridgehead atoms. The molecule has 0 aromatic heterocycles. The molecule has 0 atom stereocenters. The highest BCUT2D eigenvalue weighted by atomic mass is 16.5. The zero-order chi connectivity index (χ0) is 15.2. The van der Waals surface area contributed by atoms with Crippen LogP contribution in [0.5, 0.6) is 5.75 Å². The molecular weight excluding hydrogens is 266 g/mol. The quantitative estimate of drug-likeness (QED) is 0.605. The molecule has 0 fully saturated rings. The Bertz CT molecular complexity index is 635. The minimum Gasteiger partial charge on any atom is -0.496 e. The van der Waals surface area contributed by atoms with Crippen molar-refractivity contribution in [2.45, 2.75) is 6.42 Å². The van der Waals surface area contributed by atoms with Gasteiger partial charge in [0.15, 0.2) is 5.78 Å². The van der Waals surface area contributed by atoms with E-state index < -0.39 is 0 Å². The summed E-state index contributed by atoms with van der Waals surface area (Å²) in [4.78, 5) is 24.4. The van der Waals surface area contributed by atoms with Crippen LogP contribution in [-0.4, -0.2) is 26.4 Å². The molecule has 0 aliphatic carbocycles. The molecule has 4 heteroatoms. The number of hydrogen-bond donors (Lipinski definition) is 0. The highest BCUT2D eigenvalue weighted by molar-refractivity contribution is 5.98. The average molecular weight is 283 g/mol. The van der Waals surface area contributed by atoms with E-state index in [0.717, 1.165) is 17.7 Å². The summed E-state index contributed by atoms with van der Waals surface area (Å²) in [7, 11) is 3.26. The second-order valence-corrected chi connectivity index (χ2v) is 4.67. The lowest BCUT2D eigenvalue weighted by Crippen LogP contribution is -2.13. The summed E-state index contributed by atoms with van der Waals surface area (Å²) in [6.07, 6.45) is 1.01. The van der Waals surface area contributed by atoms with Gasteiger partial charge in [0.25, 0.3) is 0 Å². The molecule has 0 aliphatic rings. The maximum Gasteiger partial charge on any atom is 0.213 e. The van der Waals surface area contributed by atoms with E-state index in [1.54, 1.807) is 38.4 Å². The van der Waals surface area contributed by atoms with E-state index in [1.165, 1.54) is 4.90 Å². The monoisotopic (exact) mass is 283 g/mol. The van der Waals surface area contributed by atoms with Crippen molar-refractivity contribution in [3.8, 4) is 5.75 Å². The lowest BCUT2D eigenvalue weighted by molar-refractivity contribution is -0.107. The molecule has 2 aromatic carbocycles. The van der Waals surface area contributed by atoms with Crippen molar-refractivity contribution in [3.05, 3.63) is 59.7 Å². The fraction of sp³-hybridized carbons (Fsp3) is 0.176. The van der Waals surface area contributed by atoms with Crippen molar-refractivity contribution in [2.24, 2.45) is 0 Å². The summed E-state index contributed by atoms with van der Waals surface area (Å²) >= 11 is 0. The Labute approximate surface area is 124 Å². The molecule has 0 aliphatic heterocycles. The van der Waals surface area contributed by atoms with Crippen molar-refractivity contribution in [1.29, 1.82) is 0 Å². The summed E-state index contributed by atoms with van der Waals surface area (Å²) in [6, 6.07) is 14.4. The van der Waals surface area contributed by atoms with Gasteiger partial charge in [-0.05, 0) is 30.3 Å². The number of benzene rings is 2. The van der Waals surface area contributed by atoms with Crippen LogP contribution in [-0.2, 0) is 11.2 Å². The van der Waals surface area contributed by atoms with Crippen molar-refractivity contribution in [3.63, 3.8) is 0 Å². The number of methoxy groups -OCH3 is 1. The molecule has 108 valence electrons. The van der Waals surface area contributed by atoms with Crippen LogP contribution in [0.2, 0.25) is 0 Å². The summed E-state index contributed by atoms with van der Waals surface area (Å²) in [5, 5.41) is 0. The number of ether oxygens (including phenoxy) is 1. The van der Waals surface area contributed by atoms with Gasteiger partial charge in [-0.1, -0.05) is 18.2 Å². The normalized spacial score (nSPS) is 10.0. The average Bonchev–Trinajstić information content (AvgIpc) is 2.54. The summed E-state index contributed by atoms with van der Waals surface area (Å²) < 4.78 is 5.25. The Balaban J connectivity index is 2.15. The molecule has 0 N–H and O–H groups in total. The minimum absolute atomic E-state index is 0.0137. The van der Waals surface area contributed by atoms with Gasteiger partial charge in [0.1, 0.15) is 5.75 Å². The Morgan fingerprint density at radius 3 is 2.43 bits per heavy atom. The van der Waals surface area contributed by atoms with E-state index in [4.69, 9.17) is 4.74 Å². The Morgan fingerprint density at radius 2 is 1.81 bits per heavy atom. The lowest BCUT2D eigenvalue weighted by atomic mass is 10.0. The van der Waals surface area contributed by atoms with Crippen LogP contribution in [0, 0.1) is 0 Å². The Morgan fingerprint density at radius 1 is 1.14 bits per heavy atom. The van der Waals surface area contributed by atoms with Gasteiger partial charge in [-0.15, -0.1) is 0 Å². The first-order valence-electron chi connectivity index (χ1n) is 6.59. The molecule has 0 radical (unpaired) electrons. The van der Waals surface area contributed by atoms with Gasteiger partial charge in [-0.25, -0.2) is 0 Å². The third kappa shape index (κ3) is 3.48. The number of carbonyl (C=O) groups is 2. The van der Waals surface area contributed by atoms with Crippen molar-refractivity contribution < 1.29 is 14.3 Å².